The predicted octanol–water partition coefficient (Wildman–Crippen LogP) is 2.46. The van der Waals surface area contributed by atoms with Crippen molar-refractivity contribution in [3.05, 3.63) is 30.1 Å². The number of hydrogen-bond donors (Lipinski definition) is 1. The summed E-state index contributed by atoms with van der Waals surface area (Å²) in [4.78, 5) is 19.4. The van der Waals surface area contributed by atoms with E-state index in [2.05, 4.69) is 20.8 Å². The molecule has 3 aromatic rings. The number of carbonyl (C=O) groups excluding carboxylic acids is 1. The highest BCUT2D eigenvalue weighted by molar-refractivity contribution is 8.01. The highest BCUT2D eigenvalue weighted by Gasteiger charge is 2.33. The third-order valence-corrected chi connectivity index (χ3v) is 6.30. The van der Waals surface area contributed by atoms with Gasteiger partial charge in [-0.1, -0.05) is 35.2 Å². The number of benzene rings is 1. The van der Waals surface area contributed by atoms with Gasteiger partial charge < -0.3 is 15.2 Å². The average molecular weight is 374 g/mol. The van der Waals surface area contributed by atoms with E-state index in [4.69, 9.17) is 10.7 Å². The molecule has 1 aliphatic rings. The van der Waals surface area contributed by atoms with Crippen molar-refractivity contribution in [3.63, 3.8) is 0 Å². The molecule has 130 valence electrons. The zero-order chi connectivity index (χ0) is 17.4. The second-order valence-electron chi connectivity index (χ2n) is 5.96. The van der Waals surface area contributed by atoms with Crippen LogP contribution in [0.3, 0.4) is 0 Å². The highest BCUT2D eigenvalue weighted by atomic mass is 32.2. The van der Waals surface area contributed by atoms with Gasteiger partial charge in [-0.05, 0) is 25.0 Å². The Bertz CT molecular complexity index is 920. The molecule has 25 heavy (non-hydrogen) atoms. The zero-order valence-corrected chi connectivity index (χ0v) is 15.4. The SMILES string of the molecule is Cn1c(C2CCCN2C(=O)CSc2nnc(N)s2)nc2ccccc21. The number of carbonyl (C=O) groups is 1. The largest absolute Gasteiger partial charge is 0.374 e. The number of fused-ring (bicyclic) bond motifs is 1. The smallest absolute Gasteiger partial charge is 0.233 e. The fraction of sp³-hybridized carbons (Fsp3) is 0.375. The van der Waals surface area contributed by atoms with Crippen LogP contribution in [0.4, 0.5) is 5.13 Å². The molecular formula is C16H18N6OS2. The molecule has 7 nitrogen and oxygen atoms in total. The van der Waals surface area contributed by atoms with Crippen molar-refractivity contribution in [1.29, 1.82) is 0 Å². The first-order valence-electron chi connectivity index (χ1n) is 8.06. The van der Waals surface area contributed by atoms with E-state index in [-0.39, 0.29) is 11.9 Å². The number of nitrogen functional groups attached to an aromatic ring is 1. The lowest BCUT2D eigenvalue weighted by Gasteiger charge is -2.24. The maximum atomic E-state index is 12.7. The normalized spacial score (nSPS) is 17.5. The molecule has 0 spiro atoms. The van der Waals surface area contributed by atoms with E-state index in [1.54, 1.807) is 0 Å². The Kier molecular flexibility index (Phi) is 4.34. The molecular weight excluding hydrogens is 356 g/mol. The topological polar surface area (TPSA) is 89.9 Å². The van der Waals surface area contributed by atoms with Crippen molar-refractivity contribution < 1.29 is 4.79 Å². The minimum absolute atomic E-state index is 0.0324. The molecule has 0 bridgehead atoms. The summed E-state index contributed by atoms with van der Waals surface area (Å²) in [6, 6.07) is 8.10. The van der Waals surface area contributed by atoms with E-state index in [1.807, 2.05) is 30.1 Å². The molecule has 1 unspecified atom stereocenters. The molecule has 1 atom stereocenters. The number of imidazole rings is 1. The third-order valence-electron chi connectivity index (χ3n) is 4.43. The Morgan fingerprint density at radius 1 is 1.40 bits per heavy atom. The summed E-state index contributed by atoms with van der Waals surface area (Å²) in [6.45, 7) is 0.769. The van der Waals surface area contributed by atoms with Crippen LogP contribution in [0.25, 0.3) is 11.0 Å². The van der Waals surface area contributed by atoms with Crippen molar-refractivity contribution in [2.75, 3.05) is 18.0 Å². The summed E-state index contributed by atoms with van der Waals surface area (Å²) >= 11 is 2.70. The summed E-state index contributed by atoms with van der Waals surface area (Å²) in [5, 5.41) is 8.16. The van der Waals surface area contributed by atoms with Crippen molar-refractivity contribution in [1.82, 2.24) is 24.6 Å². The van der Waals surface area contributed by atoms with Crippen molar-refractivity contribution in [2.45, 2.75) is 23.2 Å². The molecule has 1 amide bonds. The molecule has 2 aromatic heterocycles. The minimum Gasteiger partial charge on any atom is -0.374 e. The number of likely N-dealkylation sites (tertiary alicyclic amines) is 1. The molecule has 0 radical (unpaired) electrons. The van der Waals surface area contributed by atoms with Gasteiger partial charge in [-0.3, -0.25) is 4.79 Å². The Labute approximate surface area is 153 Å². The first-order valence-corrected chi connectivity index (χ1v) is 9.86. The second-order valence-corrected chi connectivity index (χ2v) is 8.19. The van der Waals surface area contributed by atoms with Crippen LogP contribution in [-0.2, 0) is 11.8 Å². The maximum Gasteiger partial charge on any atom is 0.233 e. The number of nitrogens with two attached hydrogens (primary N) is 1. The molecule has 0 saturated carbocycles. The van der Waals surface area contributed by atoms with Crippen molar-refractivity contribution >= 4 is 45.2 Å². The number of nitrogens with zero attached hydrogens (tertiary/aromatic N) is 5. The number of hydrogen-bond acceptors (Lipinski definition) is 7. The Morgan fingerprint density at radius 2 is 2.24 bits per heavy atom. The molecule has 1 aromatic carbocycles. The van der Waals surface area contributed by atoms with Crippen molar-refractivity contribution in [3.8, 4) is 0 Å². The van der Waals surface area contributed by atoms with Gasteiger partial charge in [0.25, 0.3) is 0 Å². The Hall–Kier alpha value is -2.13. The molecule has 2 N–H and O–H groups in total. The molecule has 0 aliphatic carbocycles. The molecule has 1 fully saturated rings. The lowest BCUT2D eigenvalue weighted by molar-refractivity contribution is -0.129. The summed E-state index contributed by atoms with van der Waals surface area (Å²) in [7, 11) is 2.02. The number of thioether (sulfide) groups is 1. The van der Waals surface area contributed by atoms with E-state index >= 15 is 0 Å². The van der Waals surface area contributed by atoms with Gasteiger partial charge >= 0.3 is 0 Å². The van der Waals surface area contributed by atoms with Crippen LogP contribution in [0.5, 0.6) is 0 Å². The van der Waals surface area contributed by atoms with Gasteiger partial charge in [-0.2, -0.15) is 0 Å². The van der Waals surface area contributed by atoms with Gasteiger partial charge in [0.2, 0.25) is 11.0 Å². The van der Waals surface area contributed by atoms with Crippen LogP contribution >= 0.6 is 23.1 Å². The van der Waals surface area contributed by atoms with E-state index in [1.165, 1.54) is 23.1 Å². The Balaban J connectivity index is 1.53. The summed E-state index contributed by atoms with van der Waals surface area (Å²) < 4.78 is 2.83. The van der Waals surface area contributed by atoms with Gasteiger partial charge in [0, 0.05) is 13.6 Å². The highest BCUT2D eigenvalue weighted by Crippen LogP contribution is 2.34. The number of anilines is 1. The van der Waals surface area contributed by atoms with Crippen molar-refractivity contribution in [2.24, 2.45) is 7.05 Å². The predicted molar refractivity (Wildman–Crippen MR) is 99.4 cm³/mol. The van der Waals surface area contributed by atoms with Crippen LogP contribution < -0.4 is 5.73 Å². The number of aryl methyl sites for hydroxylation is 1. The Morgan fingerprint density at radius 3 is 3.00 bits per heavy atom. The quantitative estimate of drug-likeness (QED) is 0.706. The monoisotopic (exact) mass is 374 g/mol. The zero-order valence-electron chi connectivity index (χ0n) is 13.8. The third kappa shape index (κ3) is 3.09. The summed E-state index contributed by atoms with van der Waals surface area (Å²) in [5.74, 6) is 1.40. The average Bonchev–Trinajstić information content (AvgIpc) is 3.32. The van der Waals surface area contributed by atoms with E-state index in [9.17, 15) is 4.79 Å². The standard InChI is InChI=1S/C16H18N6OS2/c1-21-11-6-3-2-5-10(11)18-14(21)12-7-4-8-22(12)13(23)9-24-16-20-19-15(17)25-16/h2-3,5-6,12H,4,7-9H2,1H3,(H2,17,19). The number of amides is 1. The maximum absolute atomic E-state index is 12.7. The van der Waals surface area contributed by atoms with Crippen LogP contribution in [0.1, 0.15) is 24.7 Å². The first-order chi connectivity index (χ1) is 12.1. The van der Waals surface area contributed by atoms with Gasteiger partial charge in [0.05, 0.1) is 22.8 Å². The minimum atomic E-state index is 0.0324. The summed E-state index contributed by atoms with van der Waals surface area (Å²) in [6.07, 6.45) is 1.94. The number of para-hydroxylation sites is 2. The van der Waals surface area contributed by atoms with E-state index in [0.717, 1.165) is 40.6 Å². The number of aromatic nitrogens is 4. The summed E-state index contributed by atoms with van der Waals surface area (Å²) in [5.41, 5.74) is 7.65. The molecule has 4 rings (SSSR count). The van der Waals surface area contributed by atoms with Gasteiger partial charge in [0.15, 0.2) is 4.34 Å². The van der Waals surface area contributed by atoms with Crippen LogP contribution in [0.15, 0.2) is 28.6 Å². The lowest BCUT2D eigenvalue weighted by atomic mass is 10.2. The fourth-order valence-electron chi connectivity index (χ4n) is 3.28. The molecule has 3 heterocycles. The van der Waals surface area contributed by atoms with E-state index in [0.29, 0.717) is 10.9 Å². The van der Waals surface area contributed by atoms with Gasteiger partial charge in [-0.25, -0.2) is 4.98 Å². The molecule has 9 heteroatoms. The van der Waals surface area contributed by atoms with Crippen LogP contribution in [-0.4, -0.2) is 42.9 Å². The molecule has 1 aliphatic heterocycles. The second kappa shape index (κ2) is 6.64. The lowest BCUT2D eigenvalue weighted by Crippen LogP contribution is -2.33. The van der Waals surface area contributed by atoms with Gasteiger partial charge in [0.1, 0.15) is 5.82 Å². The van der Waals surface area contributed by atoms with Crippen LogP contribution in [0.2, 0.25) is 0 Å². The van der Waals surface area contributed by atoms with Crippen LogP contribution in [0, 0.1) is 0 Å². The van der Waals surface area contributed by atoms with Gasteiger partial charge in [-0.15, -0.1) is 10.2 Å². The molecule has 1 saturated heterocycles. The fourth-order valence-corrected chi connectivity index (χ4v) is 4.80. The van der Waals surface area contributed by atoms with E-state index < -0.39 is 0 Å². The first kappa shape index (κ1) is 16.3. The number of rotatable bonds is 4.